The van der Waals surface area contributed by atoms with Crippen molar-refractivity contribution < 1.29 is 32.5 Å². The third-order valence-corrected chi connectivity index (χ3v) is 6.42. The lowest BCUT2D eigenvalue weighted by molar-refractivity contribution is -0.137. The number of halogens is 3. The second kappa shape index (κ2) is 8.51. The predicted octanol–water partition coefficient (Wildman–Crippen LogP) is 5.74. The molecule has 2 heterocycles. The van der Waals surface area contributed by atoms with Crippen molar-refractivity contribution in [3.63, 3.8) is 0 Å². The Morgan fingerprint density at radius 2 is 1.88 bits per heavy atom. The fourth-order valence-electron chi connectivity index (χ4n) is 3.55. The number of methoxy groups -OCH3 is 1. The van der Waals surface area contributed by atoms with Crippen LogP contribution in [0.1, 0.15) is 34.1 Å². The van der Waals surface area contributed by atoms with Gasteiger partial charge in [-0.2, -0.15) is 13.2 Å². The summed E-state index contributed by atoms with van der Waals surface area (Å²) in [7, 11) is 1.47. The summed E-state index contributed by atoms with van der Waals surface area (Å²) < 4.78 is 50.3. The molecule has 1 aliphatic heterocycles. The minimum atomic E-state index is -4.59. The summed E-state index contributed by atoms with van der Waals surface area (Å²) >= 11 is 1.19. The number of alkyl halides is 3. The van der Waals surface area contributed by atoms with Crippen LogP contribution in [0.3, 0.4) is 0 Å². The second-order valence-corrected chi connectivity index (χ2v) is 8.62. The van der Waals surface area contributed by atoms with Gasteiger partial charge in [0.25, 0.3) is 0 Å². The highest BCUT2D eigenvalue weighted by molar-refractivity contribution is 7.99. The zero-order chi connectivity index (χ0) is 23.9. The Balaban J connectivity index is 1.93. The highest BCUT2D eigenvalue weighted by Crippen LogP contribution is 2.49. The first-order chi connectivity index (χ1) is 15.6. The van der Waals surface area contributed by atoms with Crippen LogP contribution in [-0.4, -0.2) is 23.0 Å². The number of phenolic OH excluding ortho intramolecular Hbond substituents is 1. The van der Waals surface area contributed by atoms with E-state index in [-0.39, 0.29) is 34.9 Å². The third-order valence-electron chi connectivity index (χ3n) is 5.11. The molecule has 6 nitrogen and oxygen atoms in total. The van der Waals surface area contributed by atoms with Gasteiger partial charge < -0.3 is 19.4 Å². The van der Waals surface area contributed by atoms with E-state index >= 15 is 0 Å². The molecule has 0 bridgehead atoms. The lowest BCUT2D eigenvalue weighted by Crippen LogP contribution is -2.17. The van der Waals surface area contributed by atoms with Crippen molar-refractivity contribution in [1.29, 1.82) is 0 Å². The number of hydrogen-bond acceptors (Lipinski definition) is 7. The number of phenols is 1. The number of ether oxygens (including phenoxy) is 1. The molecule has 172 valence electrons. The number of aryl methyl sites for hydroxylation is 1. The molecular weight excluding hydrogens is 459 g/mol. The fraction of sp³-hybridized carbons (Fsp3) is 0.217. The molecule has 3 aromatic rings. The van der Waals surface area contributed by atoms with Crippen LogP contribution in [0.4, 0.5) is 18.9 Å². The summed E-state index contributed by atoms with van der Waals surface area (Å²) in [4.78, 5) is 17.3. The molecule has 0 unspecified atom stereocenters. The Kier molecular flexibility index (Phi) is 5.87. The highest BCUT2D eigenvalue weighted by atomic mass is 32.2. The molecular formula is C23H18F3NO5S. The molecule has 0 spiro atoms. The Labute approximate surface area is 190 Å². The van der Waals surface area contributed by atoms with Crippen LogP contribution in [0.25, 0.3) is 0 Å². The van der Waals surface area contributed by atoms with E-state index in [2.05, 4.69) is 4.99 Å². The third kappa shape index (κ3) is 4.56. The van der Waals surface area contributed by atoms with Crippen LogP contribution < -0.4 is 10.4 Å². The monoisotopic (exact) mass is 477 g/mol. The van der Waals surface area contributed by atoms with Crippen molar-refractivity contribution in [1.82, 2.24) is 0 Å². The van der Waals surface area contributed by atoms with Crippen molar-refractivity contribution in [2.75, 3.05) is 7.11 Å². The van der Waals surface area contributed by atoms with Gasteiger partial charge in [0.05, 0.1) is 24.1 Å². The maximum Gasteiger partial charge on any atom is 0.416 e. The second-order valence-electron chi connectivity index (χ2n) is 7.38. The molecule has 0 radical (unpaired) electrons. The maximum absolute atomic E-state index is 13.3. The standard InChI is InChI=1S/C23H18F3NO5S/c1-11-7-18(29)21(22(30)32-11)16-10-20(14-9-13(31-2)4-5-17(14)28)33-19-6-3-12(23(24,25)26)8-15(19)27-16/h3-9,20,28-29H,10H2,1-2H3/t20-/m1/s1. The zero-order valence-electron chi connectivity index (χ0n) is 17.4. The molecule has 33 heavy (non-hydrogen) atoms. The van der Waals surface area contributed by atoms with Crippen LogP contribution in [0, 0.1) is 6.92 Å². The normalized spacial score (nSPS) is 16.0. The molecule has 1 aromatic heterocycles. The van der Waals surface area contributed by atoms with Crippen LogP contribution in [0.15, 0.2) is 61.6 Å². The van der Waals surface area contributed by atoms with Crippen LogP contribution in [0.5, 0.6) is 17.2 Å². The predicted molar refractivity (Wildman–Crippen MR) is 117 cm³/mol. The number of aliphatic imine (C=N–C) groups is 1. The topological polar surface area (TPSA) is 92.3 Å². The van der Waals surface area contributed by atoms with Gasteiger partial charge in [0, 0.05) is 28.2 Å². The Hall–Kier alpha value is -3.40. The number of benzene rings is 2. The number of thioether (sulfide) groups is 1. The molecule has 0 saturated carbocycles. The van der Waals surface area contributed by atoms with E-state index in [0.29, 0.717) is 16.2 Å². The number of rotatable bonds is 3. The summed E-state index contributed by atoms with van der Waals surface area (Å²) in [5, 5.41) is 20.4. The number of fused-ring (bicyclic) bond motifs is 1. The number of nitrogens with zero attached hydrogens (tertiary/aromatic N) is 1. The molecule has 2 N–H and O–H groups in total. The Morgan fingerprint density at radius 1 is 1.12 bits per heavy atom. The zero-order valence-corrected chi connectivity index (χ0v) is 18.3. The quantitative estimate of drug-likeness (QED) is 0.500. The lowest BCUT2D eigenvalue weighted by atomic mass is 10.0. The van der Waals surface area contributed by atoms with Gasteiger partial charge in [-0.15, -0.1) is 11.8 Å². The average Bonchev–Trinajstić information content (AvgIpc) is 2.91. The molecule has 0 saturated heterocycles. The van der Waals surface area contributed by atoms with Gasteiger partial charge in [-0.1, -0.05) is 0 Å². The largest absolute Gasteiger partial charge is 0.508 e. The maximum atomic E-state index is 13.3. The summed E-state index contributed by atoms with van der Waals surface area (Å²) in [6, 6.07) is 9.01. The van der Waals surface area contributed by atoms with Gasteiger partial charge in [0.1, 0.15) is 28.6 Å². The first kappa shape index (κ1) is 22.8. The van der Waals surface area contributed by atoms with Crippen molar-refractivity contribution in [2.45, 2.75) is 29.7 Å². The van der Waals surface area contributed by atoms with Crippen LogP contribution in [-0.2, 0) is 6.18 Å². The van der Waals surface area contributed by atoms with E-state index in [9.17, 15) is 28.2 Å². The lowest BCUT2D eigenvalue weighted by Gasteiger charge is -2.18. The Morgan fingerprint density at radius 3 is 2.55 bits per heavy atom. The van der Waals surface area contributed by atoms with Gasteiger partial charge in [0.2, 0.25) is 0 Å². The van der Waals surface area contributed by atoms with Crippen molar-refractivity contribution in [3.8, 4) is 17.2 Å². The molecule has 1 atom stereocenters. The van der Waals surface area contributed by atoms with E-state index in [1.807, 2.05) is 0 Å². The van der Waals surface area contributed by atoms with Crippen molar-refractivity contribution in [2.24, 2.45) is 4.99 Å². The molecule has 0 fully saturated rings. The minimum absolute atomic E-state index is 0.00548. The van der Waals surface area contributed by atoms with Gasteiger partial charge in [0.15, 0.2) is 0 Å². The van der Waals surface area contributed by atoms with E-state index in [4.69, 9.17) is 9.15 Å². The van der Waals surface area contributed by atoms with Crippen LogP contribution in [0.2, 0.25) is 0 Å². The minimum Gasteiger partial charge on any atom is -0.508 e. The molecule has 0 aliphatic carbocycles. The molecule has 10 heteroatoms. The summed E-state index contributed by atoms with van der Waals surface area (Å²) in [5.74, 6) is 0.197. The first-order valence-electron chi connectivity index (χ1n) is 9.73. The smallest absolute Gasteiger partial charge is 0.416 e. The Bertz CT molecular complexity index is 1320. The molecule has 4 rings (SSSR count). The molecule has 1 aliphatic rings. The van der Waals surface area contributed by atoms with E-state index in [1.165, 1.54) is 44.0 Å². The van der Waals surface area contributed by atoms with Crippen molar-refractivity contribution >= 4 is 23.2 Å². The first-order valence-corrected chi connectivity index (χ1v) is 10.6. The fourth-order valence-corrected chi connectivity index (χ4v) is 4.79. The van der Waals surface area contributed by atoms with Gasteiger partial charge in [-0.3, -0.25) is 4.99 Å². The van der Waals surface area contributed by atoms with Gasteiger partial charge in [-0.05, 0) is 43.3 Å². The summed E-state index contributed by atoms with van der Waals surface area (Å²) in [6.07, 6.45) is -4.57. The van der Waals surface area contributed by atoms with E-state index in [1.54, 1.807) is 12.1 Å². The SMILES string of the molecule is COc1ccc(O)c([C@H]2CC(c3c(O)cc(C)oc3=O)=Nc3cc(C(F)(F)F)ccc3S2)c1. The highest BCUT2D eigenvalue weighted by Gasteiger charge is 2.33. The summed E-state index contributed by atoms with van der Waals surface area (Å²) in [6.45, 7) is 1.48. The van der Waals surface area contributed by atoms with Crippen LogP contribution >= 0.6 is 11.8 Å². The van der Waals surface area contributed by atoms with Crippen molar-refractivity contribution in [3.05, 3.63) is 75.3 Å². The van der Waals surface area contributed by atoms with E-state index in [0.717, 1.165) is 12.1 Å². The van der Waals surface area contributed by atoms with Gasteiger partial charge in [-0.25, -0.2) is 4.79 Å². The van der Waals surface area contributed by atoms with Gasteiger partial charge >= 0.3 is 11.8 Å². The van der Waals surface area contributed by atoms with E-state index < -0.39 is 28.4 Å². The summed E-state index contributed by atoms with van der Waals surface area (Å²) in [5.41, 5.74) is -1.52. The average molecular weight is 477 g/mol. The number of aromatic hydroxyl groups is 2. The molecule has 0 amide bonds. The number of hydrogen-bond donors (Lipinski definition) is 2. The molecule has 2 aromatic carbocycles.